The van der Waals surface area contributed by atoms with Crippen molar-refractivity contribution in [2.75, 3.05) is 5.32 Å². The number of benzene rings is 1. The summed E-state index contributed by atoms with van der Waals surface area (Å²) in [5, 5.41) is 4.00. The molecule has 35 heavy (non-hydrogen) atoms. The molecule has 0 bridgehead atoms. The molecule has 1 aliphatic heterocycles. The SMILES string of the molecule is CC(C)CCCC(C)C1CCC2C3CC4=Nc5ccccc5N[C@@H]5CCCC(C)(C3CCC12C)[C@@H]45. The topological polar surface area (TPSA) is 24.4 Å². The molecule has 6 rings (SSSR count). The van der Waals surface area contributed by atoms with Gasteiger partial charge in [-0.15, -0.1) is 0 Å². The zero-order chi connectivity index (χ0) is 24.4. The van der Waals surface area contributed by atoms with E-state index in [9.17, 15) is 0 Å². The van der Waals surface area contributed by atoms with E-state index in [-0.39, 0.29) is 0 Å². The molecule has 2 nitrogen and oxygen atoms in total. The van der Waals surface area contributed by atoms with Crippen LogP contribution in [-0.4, -0.2) is 11.8 Å². The van der Waals surface area contributed by atoms with Gasteiger partial charge in [-0.2, -0.15) is 0 Å². The van der Waals surface area contributed by atoms with E-state index in [4.69, 9.17) is 4.99 Å². The minimum absolute atomic E-state index is 0.419. The molecule has 192 valence electrons. The monoisotopic (exact) mass is 474 g/mol. The third kappa shape index (κ3) is 3.83. The Balaban J connectivity index is 1.30. The van der Waals surface area contributed by atoms with E-state index in [0.717, 1.165) is 35.5 Å². The van der Waals surface area contributed by atoms with Gasteiger partial charge in [-0.05, 0) is 103 Å². The minimum Gasteiger partial charge on any atom is -0.380 e. The zero-order valence-electron chi connectivity index (χ0n) is 23.2. The second kappa shape index (κ2) is 8.91. The smallest absolute Gasteiger partial charge is 0.0860 e. The van der Waals surface area contributed by atoms with E-state index >= 15 is 0 Å². The van der Waals surface area contributed by atoms with Crippen molar-refractivity contribution in [1.82, 2.24) is 0 Å². The number of hydrogen-bond donors (Lipinski definition) is 1. The molecule has 0 saturated heterocycles. The molecular weight excluding hydrogens is 424 g/mol. The third-order valence-corrected chi connectivity index (χ3v) is 12.1. The fraction of sp³-hybridized carbons (Fsp3) is 0.788. The molecule has 0 amide bonds. The molecule has 4 fully saturated rings. The Morgan fingerprint density at radius 2 is 1.74 bits per heavy atom. The largest absolute Gasteiger partial charge is 0.380 e. The maximum absolute atomic E-state index is 5.48. The predicted molar refractivity (Wildman–Crippen MR) is 149 cm³/mol. The summed E-state index contributed by atoms with van der Waals surface area (Å²) >= 11 is 0. The number of fused-ring (bicyclic) bond motifs is 5. The summed E-state index contributed by atoms with van der Waals surface area (Å²) < 4.78 is 0. The first-order valence-corrected chi connectivity index (χ1v) is 15.2. The van der Waals surface area contributed by atoms with Crippen molar-refractivity contribution in [3.05, 3.63) is 24.3 Å². The molecule has 0 radical (unpaired) electrons. The zero-order valence-corrected chi connectivity index (χ0v) is 23.2. The summed E-state index contributed by atoms with van der Waals surface area (Å²) in [7, 11) is 0. The van der Waals surface area contributed by atoms with Crippen LogP contribution in [0, 0.1) is 52.3 Å². The first-order chi connectivity index (χ1) is 16.8. The van der Waals surface area contributed by atoms with Gasteiger partial charge in [0.2, 0.25) is 0 Å². The maximum Gasteiger partial charge on any atom is 0.0860 e. The van der Waals surface area contributed by atoms with Crippen molar-refractivity contribution >= 4 is 17.1 Å². The van der Waals surface area contributed by atoms with Crippen molar-refractivity contribution < 1.29 is 0 Å². The molecule has 1 aromatic rings. The summed E-state index contributed by atoms with van der Waals surface area (Å²) in [6, 6.07) is 9.42. The molecule has 9 atom stereocenters. The highest BCUT2D eigenvalue weighted by Gasteiger charge is 2.63. The molecule has 1 aromatic carbocycles. The lowest BCUT2D eigenvalue weighted by atomic mass is 9.43. The van der Waals surface area contributed by atoms with Gasteiger partial charge in [0, 0.05) is 17.7 Å². The average Bonchev–Trinajstić information content (AvgIpc) is 3.08. The summed E-state index contributed by atoms with van der Waals surface area (Å²) in [6.45, 7) is 12.8. The Kier molecular flexibility index (Phi) is 6.12. The first-order valence-electron chi connectivity index (χ1n) is 15.2. The highest BCUT2D eigenvalue weighted by molar-refractivity contribution is 5.94. The van der Waals surface area contributed by atoms with E-state index in [1.165, 1.54) is 82.0 Å². The van der Waals surface area contributed by atoms with E-state index in [2.05, 4.69) is 64.2 Å². The molecule has 1 N–H and O–H groups in total. The Morgan fingerprint density at radius 3 is 2.57 bits per heavy atom. The van der Waals surface area contributed by atoms with Crippen LogP contribution in [0.3, 0.4) is 0 Å². The standard InChI is InChI=1S/C33H50N2/c1-21(2)10-8-11-22(3)24-15-16-25-23-20-30-31-29(34-27-12-6-7-13-28(27)35-30)14-9-18-33(31,5)26(23)17-19-32(24,25)4/h6-7,12-13,21-26,29,31,34H,8-11,14-20H2,1-5H3/t22?,23?,24?,25?,26?,29-,31-,32?,33?/m1/s1. The predicted octanol–water partition coefficient (Wildman–Crippen LogP) is 9.28. The number of nitrogens with one attached hydrogen (secondary N) is 1. The molecular formula is C33H50N2. The van der Waals surface area contributed by atoms with Crippen LogP contribution < -0.4 is 5.32 Å². The summed E-state index contributed by atoms with van der Waals surface area (Å²) in [5.74, 6) is 5.95. The highest BCUT2D eigenvalue weighted by atomic mass is 15.0. The van der Waals surface area contributed by atoms with Crippen LogP contribution in [0.5, 0.6) is 0 Å². The van der Waals surface area contributed by atoms with Gasteiger partial charge < -0.3 is 5.32 Å². The molecule has 4 aliphatic carbocycles. The van der Waals surface area contributed by atoms with Gasteiger partial charge in [-0.3, -0.25) is 4.99 Å². The van der Waals surface area contributed by atoms with E-state index in [1.807, 2.05) is 0 Å². The second-order valence-corrected chi connectivity index (χ2v) is 14.4. The van der Waals surface area contributed by atoms with Gasteiger partial charge in [-0.25, -0.2) is 0 Å². The van der Waals surface area contributed by atoms with Gasteiger partial charge in [0.15, 0.2) is 0 Å². The Morgan fingerprint density at radius 1 is 0.943 bits per heavy atom. The van der Waals surface area contributed by atoms with Crippen molar-refractivity contribution in [3.8, 4) is 0 Å². The Labute approximate surface area is 215 Å². The van der Waals surface area contributed by atoms with Crippen LogP contribution in [0.1, 0.15) is 105 Å². The van der Waals surface area contributed by atoms with Crippen molar-refractivity contribution in [3.63, 3.8) is 0 Å². The Hall–Kier alpha value is -1.31. The van der Waals surface area contributed by atoms with Crippen LogP contribution in [0.25, 0.3) is 0 Å². The molecule has 4 saturated carbocycles. The van der Waals surface area contributed by atoms with Gasteiger partial charge in [-0.1, -0.05) is 72.4 Å². The normalized spacial score (nSPS) is 42.6. The van der Waals surface area contributed by atoms with Crippen molar-refractivity contribution in [2.45, 2.75) is 111 Å². The summed E-state index contributed by atoms with van der Waals surface area (Å²) in [4.78, 5) is 5.48. The van der Waals surface area contributed by atoms with Gasteiger partial charge in [0.25, 0.3) is 0 Å². The maximum atomic E-state index is 5.48. The summed E-state index contributed by atoms with van der Waals surface area (Å²) in [6.07, 6.45) is 15.5. The number of aliphatic imine (C=N–C) groups is 1. The van der Waals surface area contributed by atoms with Crippen LogP contribution >= 0.6 is 0 Å². The molecule has 0 aromatic heterocycles. The Bertz CT molecular complexity index is 964. The molecule has 5 aliphatic rings. The third-order valence-electron chi connectivity index (χ3n) is 12.1. The van der Waals surface area contributed by atoms with Crippen LogP contribution in [-0.2, 0) is 0 Å². The van der Waals surface area contributed by atoms with E-state index in [1.54, 1.807) is 5.71 Å². The number of hydrogen-bond acceptors (Lipinski definition) is 2. The lowest BCUT2D eigenvalue weighted by Crippen LogP contribution is -2.60. The highest BCUT2D eigenvalue weighted by Crippen LogP contribution is 2.68. The van der Waals surface area contributed by atoms with Gasteiger partial charge >= 0.3 is 0 Å². The van der Waals surface area contributed by atoms with Crippen molar-refractivity contribution in [2.24, 2.45) is 57.2 Å². The number of nitrogens with zero attached hydrogens (tertiary/aromatic N) is 1. The van der Waals surface area contributed by atoms with Gasteiger partial charge in [0.05, 0.1) is 11.4 Å². The lowest BCUT2D eigenvalue weighted by molar-refractivity contribution is -0.0816. The summed E-state index contributed by atoms with van der Waals surface area (Å²) in [5.41, 5.74) is 5.00. The molecule has 2 heteroatoms. The lowest BCUT2D eigenvalue weighted by Gasteiger charge is -2.62. The fourth-order valence-corrected chi connectivity index (χ4v) is 10.6. The van der Waals surface area contributed by atoms with Crippen molar-refractivity contribution in [1.29, 1.82) is 0 Å². The molecule has 1 heterocycles. The first kappa shape index (κ1) is 24.1. The van der Waals surface area contributed by atoms with Crippen LogP contribution in [0.4, 0.5) is 11.4 Å². The number of para-hydroxylation sites is 2. The van der Waals surface area contributed by atoms with Crippen LogP contribution in [0.15, 0.2) is 29.3 Å². The van der Waals surface area contributed by atoms with E-state index in [0.29, 0.717) is 22.8 Å². The minimum atomic E-state index is 0.419. The quantitative estimate of drug-likeness (QED) is 0.452. The molecule has 7 unspecified atom stereocenters. The fourth-order valence-electron chi connectivity index (χ4n) is 10.6. The number of anilines is 1. The second-order valence-electron chi connectivity index (χ2n) is 14.4. The van der Waals surface area contributed by atoms with Crippen LogP contribution in [0.2, 0.25) is 0 Å². The average molecular weight is 475 g/mol. The number of rotatable bonds is 5. The van der Waals surface area contributed by atoms with Gasteiger partial charge in [0.1, 0.15) is 0 Å². The van der Waals surface area contributed by atoms with E-state index < -0.39 is 0 Å². The molecule has 0 spiro atoms.